The number of hydrogen-bond donors (Lipinski definition) is 2. The van der Waals surface area contributed by atoms with Crippen LogP contribution in [0.4, 0.5) is 24.5 Å². The quantitative estimate of drug-likeness (QED) is 0.515. The Morgan fingerprint density at radius 3 is 2.44 bits per heavy atom. The summed E-state index contributed by atoms with van der Waals surface area (Å²) < 4.78 is 94.0. The lowest BCUT2D eigenvalue weighted by Gasteiger charge is -2.41. The Kier molecular flexibility index (Phi) is 6.49. The number of sulfonamides is 2. The van der Waals surface area contributed by atoms with E-state index >= 15 is 0 Å². The first kappa shape index (κ1) is 27.1. The number of carbonyl (C=O) groups is 2. The third-order valence-electron chi connectivity index (χ3n) is 7.01. The minimum absolute atomic E-state index is 0.0124. The predicted octanol–water partition coefficient (Wildman–Crippen LogP) is 2.99. The van der Waals surface area contributed by atoms with Crippen molar-refractivity contribution in [2.24, 2.45) is 16.2 Å². The number of benzene rings is 2. The maximum atomic E-state index is 13.7. The van der Waals surface area contributed by atoms with Crippen molar-refractivity contribution < 1.29 is 39.6 Å². The molecule has 2 N–H and O–H groups in total. The lowest BCUT2D eigenvalue weighted by molar-refractivity contribution is -0.150. The molecule has 1 saturated heterocycles. The van der Waals surface area contributed by atoms with Crippen LogP contribution in [0.15, 0.2) is 51.8 Å². The minimum Gasteiger partial charge on any atom is -0.341 e. The molecule has 5 rings (SSSR count). The third-order valence-corrected chi connectivity index (χ3v) is 8.95. The molecule has 2 aromatic carbocycles. The Morgan fingerprint density at radius 2 is 1.79 bits per heavy atom. The zero-order chi connectivity index (χ0) is 28.3. The van der Waals surface area contributed by atoms with E-state index in [0.717, 1.165) is 24.5 Å². The van der Waals surface area contributed by atoms with Crippen LogP contribution in [0.2, 0.25) is 0 Å². The largest absolute Gasteiger partial charge is 0.416 e. The summed E-state index contributed by atoms with van der Waals surface area (Å²) in [5.74, 6) is -3.65. The fraction of sp³-hybridized carbons (Fsp3) is 0.375. The number of alkyl halides is 3. The number of amides is 1. The standard InChI is InChI=1S/C24H23F3N4O6S2/c1-38(34,35)29-15-9-10-17-19(11-15)39(36,37)30-22(28-17)20-21(32)16-3-2-4-18(16)31(23(20)33)12-13-5-7-14(8-6-13)24(25,26)27/h5-11,16,18,20,29H,2-4,12H2,1H3,(H,28,30)/t16-,18+,20?/m1/s1. The molecule has 2 heterocycles. The van der Waals surface area contributed by atoms with Gasteiger partial charge in [-0.2, -0.15) is 21.6 Å². The number of nitrogens with zero attached hydrogens (tertiary/aromatic N) is 2. The van der Waals surface area contributed by atoms with Crippen LogP contribution in [0, 0.1) is 11.8 Å². The van der Waals surface area contributed by atoms with Gasteiger partial charge in [0.15, 0.2) is 11.7 Å². The number of halogens is 3. The normalized spacial score (nSPS) is 24.5. The van der Waals surface area contributed by atoms with Crippen molar-refractivity contribution in [3.05, 3.63) is 53.6 Å². The molecule has 2 fully saturated rings. The first-order chi connectivity index (χ1) is 18.1. The van der Waals surface area contributed by atoms with Gasteiger partial charge in [0.25, 0.3) is 10.0 Å². The van der Waals surface area contributed by atoms with Crippen molar-refractivity contribution in [1.29, 1.82) is 0 Å². The number of hydrogen-bond acceptors (Lipinski definition) is 7. The van der Waals surface area contributed by atoms with Gasteiger partial charge >= 0.3 is 6.18 Å². The molecule has 2 aliphatic heterocycles. The molecule has 1 aliphatic carbocycles. The van der Waals surface area contributed by atoms with E-state index in [4.69, 9.17) is 0 Å². The Morgan fingerprint density at radius 1 is 1.10 bits per heavy atom. The fourth-order valence-electron chi connectivity index (χ4n) is 5.33. The van der Waals surface area contributed by atoms with Gasteiger partial charge in [-0.25, -0.2) is 8.42 Å². The summed E-state index contributed by atoms with van der Waals surface area (Å²) in [4.78, 5) is 28.2. The van der Waals surface area contributed by atoms with Crippen molar-refractivity contribution in [3.63, 3.8) is 0 Å². The number of carbonyl (C=O) groups excluding carboxylic acids is 2. The highest BCUT2D eigenvalue weighted by Gasteiger charge is 2.52. The molecule has 0 aromatic heterocycles. The van der Waals surface area contributed by atoms with Gasteiger partial charge in [-0.1, -0.05) is 18.6 Å². The predicted molar refractivity (Wildman–Crippen MR) is 135 cm³/mol. The van der Waals surface area contributed by atoms with E-state index < -0.39 is 61.4 Å². The molecule has 0 radical (unpaired) electrons. The number of likely N-dealkylation sites (tertiary alicyclic amines) is 1. The molecule has 1 unspecified atom stereocenters. The summed E-state index contributed by atoms with van der Waals surface area (Å²) in [5, 5.41) is 2.76. The van der Waals surface area contributed by atoms with Crippen molar-refractivity contribution in [2.75, 3.05) is 16.3 Å². The zero-order valence-electron chi connectivity index (χ0n) is 20.4. The molecular weight excluding hydrogens is 561 g/mol. The van der Waals surface area contributed by atoms with Gasteiger partial charge < -0.3 is 10.2 Å². The average Bonchev–Trinajstić information content (AvgIpc) is 3.31. The Labute approximate surface area is 222 Å². The summed E-state index contributed by atoms with van der Waals surface area (Å²) in [5.41, 5.74) is -0.399. The summed E-state index contributed by atoms with van der Waals surface area (Å²) >= 11 is 0. The molecule has 2 aromatic rings. The maximum Gasteiger partial charge on any atom is 0.416 e. The lowest BCUT2D eigenvalue weighted by atomic mass is 9.81. The molecule has 3 atom stereocenters. The molecule has 1 saturated carbocycles. The first-order valence-electron chi connectivity index (χ1n) is 11.9. The Hall–Kier alpha value is -3.46. The fourth-order valence-corrected chi connectivity index (χ4v) is 7.07. The molecule has 3 aliphatic rings. The maximum absolute atomic E-state index is 13.7. The number of anilines is 2. The van der Waals surface area contributed by atoms with Crippen molar-refractivity contribution in [3.8, 4) is 0 Å². The molecule has 39 heavy (non-hydrogen) atoms. The summed E-state index contributed by atoms with van der Waals surface area (Å²) in [6.45, 7) is -0.0565. The van der Waals surface area contributed by atoms with Crippen molar-refractivity contribution >= 4 is 48.9 Å². The first-order valence-corrected chi connectivity index (χ1v) is 15.2. The van der Waals surface area contributed by atoms with Crippen LogP contribution in [0.1, 0.15) is 30.4 Å². The Balaban J connectivity index is 1.47. The van der Waals surface area contributed by atoms with Crippen LogP contribution in [0.25, 0.3) is 0 Å². The van der Waals surface area contributed by atoms with Crippen LogP contribution >= 0.6 is 0 Å². The van der Waals surface area contributed by atoms with E-state index in [-0.39, 0.29) is 28.7 Å². The number of Topliss-reactive ketones (excluding diaryl/α,β-unsaturated/α-hetero) is 1. The van der Waals surface area contributed by atoms with E-state index in [0.29, 0.717) is 24.8 Å². The van der Waals surface area contributed by atoms with Gasteiger partial charge in [0, 0.05) is 24.2 Å². The molecule has 0 spiro atoms. The van der Waals surface area contributed by atoms with Gasteiger partial charge in [0.05, 0.1) is 17.5 Å². The molecule has 10 nitrogen and oxygen atoms in total. The number of nitrogens with one attached hydrogen (secondary N) is 2. The van der Waals surface area contributed by atoms with Crippen LogP contribution in [0.3, 0.4) is 0 Å². The van der Waals surface area contributed by atoms with E-state index in [2.05, 4.69) is 14.4 Å². The minimum atomic E-state index is -4.51. The van der Waals surface area contributed by atoms with E-state index in [9.17, 15) is 39.6 Å². The van der Waals surface area contributed by atoms with Crippen LogP contribution in [-0.2, 0) is 42.4 Å². The van der Waals surface area contributed by atoms with Gasteiger partial charge in [-0.3, -0.25) is 14.3 Å². The molecule has 1 amide bonds. The number of amidine groups is 1. The molecular formula is C24H23F3N4O6S2. The average molecular weight is 585 g/mol. The molecule has 208 valence electrons. The van der Waals surface area contributed by atoms with Crippen LogP contribution in [0.5, 0.6) is 0 Å². The number of rotatable bonds is 5. The Bertz CT molecular complexity index is 1610. The SMILES string of the molecule is CS(=O)(=O)Nc1ccc2c(c1)S(=O)(=O)N=C(C1C(=O)[C@@H]3CCC[C@@H]3N(Cc3ccc(C(F)(F)F)cc3)C1=O)N2. The van der Waals surface area contributed by atoms with Gasteiger partial charge in [-0.05, 0) is 48.7 Å². The molecule has 0 bridgehead atoms. The van der Waals surface area contributed by atoms with Crippen LogP contribution < -0.4 is 10.0 Å². The second-order valence-electron chi connectivity index (χ2n) is 9.76. The van der Waals surface area contributed by atoms with E-state index in [1.165, 1.54) is 29.2 Å². The second kappa shape index (κ2) is 9.33. The summed E-state index contributed by atoms with van der Waals surface area (Å²) in [6, 6.07) is 7.61. The summed E-state index contributed by atoms with van der Waals surface area (Å²) in [6.07, 6.45) is -1.94. The topological polar surface area (TPSA) is 142 Å². The van der Waals surface area contributed by atoms with E-state index in [1.807, 2.05) is 0 Å². The third kappa shape index (κ3) is 5.24. The second-order valence-corrected chi connectivity index (χ2v) is 13.1. The number of fused-ring (bicyclic) bond motifs is 2. The number of piperidine rings is 1. The van der Waals surface area contributed by atoms with Gasteiger partial charge in [0.2, 0.25) is 15.9 Å². The van der Waals surface area contributed by atoms with Gasteiger partial charge in [-0.15, -0.1) is 4.40 Å². The van der Waals surface area contributed by atoms with Crippen LogP contribution in [-0.4, -0.2) is 51.6 Å². The van der Waals surface area contributed by atoms with Crippen molar-refractivity contribution in [1.82, 2.24) is 4.90 Å². The smallest absolute Gasteiger partial charge is 0.341 e. The monoisotopic (exact) mass is 584 g/mol. The highest BCUT2D eigenvalue weighted by molar-refractivity contribution is 7.92. The zero-order valence-corrected chi connectivity index (χ0v) is 22.0. The summed E-state index contributed by atoms with van der Waals surface area (Å²) in [7, 11) is -8.11. The molecule has 15 heteroatoms. The number of ketones is 1. The highest BCUT2D eigenvalue weighted by Crippen LogP contribution is 2.40. The van der Waals surface area contributed by atoms with Gasteiger partial charge in [0.1, 0.15) is 10.7 Å². The lowest BCUT2D eigenvalue weighted by Crippen LogP contribution is -2.58. The van der Waals surface area contributed by atoms with E-state index in [1.54, 1.807) is 0 Å². The van der Waals surface area contributed by atoms with Crippen molar-refractivity contribution in [2.45, 2.75) is 42.9 Å². The highest BCUT2D eigenvalue weighted by atomic mass is 32.2.